The van der Waals surface area contributed by atoms with Crippen molar-refractivity contribution in [3.05, 3.63) is 24.6 Å². The maximum atomic E-state index is 5.34. The largest absolute Gasteiger partial charge is 0.455 e. The van der Waals surface area contributed by atoms with Crippen molar-refractivity contribution >= 4 is 8.56 Å². The first-order valence-corrected chi connectivity index (χ1v) is 7.51. The van der Waals surface area contributed by atoms with E-state index in [1.807, 2.05) is 41.5 Å². The minimum atomic E-state index is -2.88. The van der Waals surface area contributed by atoms with Gasteiger partial charge in [0.2, 0.25) is 0 Å². The normalized spacial score (nSPS) is 13.5. The maximum Gasteiger partial charge on any atom is 0.455 e. The average molecular weight is 260 g/mol. The molecular weight excluding hydrogens is 236 g/mol. The Morgan fingerprint density at radius 1 is 0.765 bits per heavy atom. The molecule has 0 aromatic heterocycles. The maximum absolute atomic E-state index is 5.34. The SMILES string of the molecule is C=C[Si](C=C)(OOC(C)(C)C)OOC(C)(C)C. The summed E-state index contributed by atoms with van der Waals surface area (Å²) in [6.45, 7) is 18.6. The Hall–Kier alpha value is -0.463. The molecule has 0 rings (SSSR count). The highest BCUT2D eigenvalue weighted by Crippen LogP contribution is 2.19. The van der Waals surface area contributed by atoms with Gasteiger partial charge < -0.3 is 0 Å². The Labute approximate surface area is 105 Å². The predicted molar refractivity (Wildman–Crippen MR) is 70.0 cm³/mol. The summed E-state index contributed by atoms with van der Waals surface area (Å²) < 4.78 is 10.7. The third-order valence-corrected chi connectivity index (χ3v) is 3.24. The van der Waals surface area contributed by atoms with E-state index in [1.54, 1.807) is 11.4 Å². The summed E-state index contributed by atoms with van der Waals surface area (Å²) in [5, 5.41) is 0. The Morgan fingerprint density at radius 2 is 1.06 bits per heavy atom. The average Bonchev–Trinajstić information content (AvgIpc) is 2.16. The fraction of sp³-hybridized carbons (Fsp3) is 0.667. The van der Waals surface area contributed by atoms with E-state index >= 15 is 0 Å². The second kappa shape index (κ2) is 5.93. The Bertz CT molecular complexity index is 235. The molecule has 100 valence electrons. The summed E-state index contributed by atoms with van der Waals surface area (Å²) in [5.41, 5.74) is 2.24. The molecule has 0 saturated heterocycles. The van der Waals surface area contributed by atoms with Crippen LogP contribution in [0.15, 0.2) is 24.6 Å². The molecule has 0 N–H and O–H groups in total. The van der Waals surface area contributed by atoms with E-state index < -0.39 is 19.8 Å². The van der Waals surface area contributed by atoms with Crippen LogP contribution in [-0.4, -0.2) is 19.8 Å². The lowest BCUT2D eigenvalue weighted by Crippen LogP contribution is -2.43. The third-order valence-electron chi connectivity index (χ3n) is 1.41. The van der Waals surface area contributed by atoms with Crippen molar-refractivity contribution in [3.8, 4) is 0 Å². The minimum absolute atomic E-state index is 0.435. The summed E-state index contributed by atoms with van der Waals surface area (Å²) in [4.78, 5) is 10.5. The molecule has 0 unspecified atom stereocenters. The predicted octanol–water partition coefficient (Wildman–Crippen LogP) is 3.37. The highest BCUT2D eigenvalue weighted by atomic mass is 28.4. The summed E-state index contributed by atoms with van der Waals surface area (Å²) in [5.74, 6) is 0. The van der Waals surface area contributed by atoms with E-state index in [1.165, 1.54) is 0 Å². The van der Waals surface area contributed by atoms with Gasteiger partial charge in [-0.2, -0.15) is 0 Å². The van der Waals surface area contributed by atoms with Crippen molar-refractivity contribution in [3.63, 3.8) is 0 Å². The van der Waals surface area contributed by atoms with Gasteiger partial charge in [0.15, 0.2) is 0 Å². The highest BCUT2D eigenvalue weighted by Gasteiger charge is 2.37. The molecule has 0 aromatic rings. The van der Waals surface area contributed by atoms with Crippen LogP contribution in [-0.2, 0) is 18.9 Å². The van der Waals surface area contributed by atoms with Crippen molar-refractivity contribution in [2.24, 2.45) is 0 Å². The van der Waals surface area contributed by atoms with E-state index in [9.17, 15) is 0 Å². The van der Waals surface area contributed by atoms with Crippen molar-refractivity contribution in [1.29, 1.82) is 0 Å². The lowest BCUT2D eigenvalue weighted by molar-refractivity contribution is -0.344. The number of rotatable bonds is 6. The standard InChI is InChI=1S/C12H24O4Si/c1-9-17(10-2,15-13-11(3,4)5)16-14-12(6,7)8/h9-10H,1-2H2,3-8H3. The van der Waals surface area contributed by atoms with Gasteiger partial charge in [0.1, 0.15) is 0 Å². The van der Waals surface area contributed by atoms with Crippen LogP contribution in [0.3, 0.4) is 0 Å². The number of hydrogen-bond donors (Lipinski definition) is 0. The molecule has 0 heterocycles. The molecule has 4 nitrogen and oxygen atoms in total. The molecule has 0 fully saturated rings. The zero-order valence-electron chi connectivity index (χ0n) is 11.7. The molecule has 0 aliphatic carbocycles. The molecule has 0 aromatic carbocycles. The lowest BCUT2D eigenvalue weighted by Gasteiger charge is -2.29. The minimum Gasteiger partial charge on any atom is -0.239 e. The summed E-state index contributed by atoms with van der Waals surface area (Å²) in [7, 11) is -2.88. The van der Waals surface area contributed by atoms with Crippen molar-refractivity contribution in [2.75, 3.05) is 0 Å². The van der Waals surface area contributed by atoms with Gasteiger partial charge in [-0.1, -0.05) is 0 Å². The quantitative estimate of drug-likeness (QED) is 0.417. The van der Waals surface area contributed by atoms with Gasteiger partial charge in [0, 0.05) is 0 Å². The first kappa shape index (κ1) is 16.5. The summed E-state index contributed by atoms with van der Waals surface area (Å²) in [6, 6.07) is 0. The van der Waals surface area contributed by atoms with Crippen LogP contribution in [0, 0.1) is 0 Å². The van der Waals surface area contributed by atoms with Crippen LogP contribution in [0.5, 0.6) is 0 Å². The van der Waals surface area contributed by atoms with Gasteiger partial charge in [-0.15, -0.1) is 13.2 Å². The second-order valence-corrected chi connectivity index (χ2v) is 8.28. The van der Waals surface area contributed by atoms with E-state index in [0.29, 0.717) is 0 Å². The van der Waals surface area contributed by atoms with E-state index in [2.05, 4.69) is 13.2 Å². The van der Waals surface area contributed by atoms with Crippen molar-refractivity contribution in [2.45, 2.75) is 52.7 Å². The molecule has 0 amide bonds. The van der Waals surface area contributed by atoms with Crippen LogP contribution in [0.2, 0.25) is 0 Å². The first-order valence-electron chi connectivity index (χ1n) is 5.54. The highest BCUT2D eigenvalue weighted by molar-refractivity contribution is 6.77. The smallest absolute Gasteiger partial charge is 0.239 e. The Balaban J connectivity index is 4.57. The summed E-state index contributed by atoms with van der Waals surface area (Å²) >= 11 is 0. The van der Waals surface area contributed by atoms with Crippen LogP contribution in [0.1, 0.15) is 41.5 Å². The van der Waals surface area contributed by atoms with Crippen LogP contribution >= 0.6 is 0 Å². The summed E-state index contributed by atoms with van der Waals surface area (Å²) in [6.07, 6.45) is 0. The van der Waals surface area contributed by atoms with Gasteiger partial charge in [-0.25, -0.2) is 18.9 Å². The monoisotopic (exact) mass is 260 g/mol. The molecule has 5 heteroatoms. The van der Waals surface area contributed by atoms with Gasteiger partial charge >= 0.3 is 8.56 Å². The molecule has 17 heavy (non-hydrogen) atoms. The Morgan fingerprint density at radius 3 is 1.24 bits per heavy atom. The molecule has 0 atom stereocenters. The van der Waals surface area contributed by atoms with E-state index in [4.69, 9.17) is 18.9 Å². The Kier molecular flexibility index (Phi) is 5.77. The van der Waals surface area contributed by atoms with Crippen molar-refractivity contribution in [1.82, 2.24) is 0 Å². The number of hydrogen-bond acceptors (Lipinski definition) is 4. The third kappa shape index (κ3) is 7.46. The second-order valence-electron chi connectivity index (χ2n) is 5.69. The molecule has 0 aliphatic heterocycles. The first-order chi connectivity index (χ1) is 7.54. The van der Waals surface area contributed by atoms with Crippen molar-refractivity contribution < 1.29 is 18.9 Å². The molecule has 0 bridgehead atoms. The van der Waals surface area contributed by atoms with Gasteiger partial charge in [0.25, 0.3) is 0 Å². The van der Waals surface area contributed by atoms with Crippen LogP contribution < -0.4 is 0 Å². The van der Waals surface area contributed by atoms with E-state index in [0.717, 1.165) is 0 Å². The fourth-order valence-electron chi connectivity index (χ4n) is 0.614. The fourth-order valence-corrected chi connectivity index (χ4v) is 1.84. The van der Waals surface area contributed by atoms with Gasteiger partial charge in [-0.05, 0) is 52.9 Å². The molecular formula is C12H24O4Si. The van der Waals surface area contributed by atoms with Gasteiger partial charge in [-0.3, -0.25) is 0 Å². The molecule has 0 aliphatic rings. The zero-order chi connectivity index (χ0) is 13.7. The topological polar surface area (TPSA) is 36.9 Å². The van der Waals surface area contributed by atoms with Gasteiger partial charge in [0.05, 0.1) is 11.2 Å². The van der Waals surface area contributed by atoms with Crippen LogP contribution in [0.4, 0.5) is 0 Å². The molecule has 0 spiro atoms. The lowest BCUT2D eigenvalue weighted by atomic mass is 10.2. The zero-order valence-corrected chi connectivity index (χ0v) is 12.7. The van der Waals surface area contributed by atoms with E-state index in [-0.39, 0.29) is 0 Å². The molecule has 0 saturated carbocycles. The molecule has 0 radical (unpaired) electrons. The van der Waals surface area contributed by atoms with Crippen LogP contribution in [0.25, 0.3) is 0 Å².